The Balaban J connectivity index is 0.000000325. The third-order valence-corrected chi connectivity index (χ3v) is 48.8. The van der Waals surface area contributed by atoms with Gasteiger partial charge in [-0.05, 0) is 72.0 Å². The number of hydrogen-bond donors (Lipinski definition) is 0. The van der Waals surface area contributed by atoms with Gasteiger partial charge in [0.1, 0.15) is 0 Å². The van der Waals surface area contributed by atoms with E-state index >= 15 is 0 Å². The molecule has 8 saturated carbocycles. The molecular weight excluding hydrogens is 1920 g/mol. The van der Waals surface area contributed by atoms with Gasteiger partial charge >= 0.3 is 438 Å². The van der Waals surface area contributed by atoms with Crippen LogP contribution in [-0.2, 0) is 51.6 Å². The van der Waals surface area contributed by atoms with Gasteiger partial charge < -0.3 is 36.3 Å². The van der Waals surface area contributed by atoms with E-state index in [0.717, 1.165) is 116 Å². The number of ether oxygens (including phenoxy) is 2. The summed E-state index contributed by atoms with van der Waals surface area (Å²) in [4.78, 5) is 0. The zero-order chi connectivity index (χ0) is 77.0. The van der Waals surface area contributed by atoms with Crippen molar-refractivity contribution in [2.75, 3.05) is 13.2 Å². The smallest absolute Gasteiger partial charge is 0.677 e. The van der Waals surface area contributed by atoms with Gasteiger partial charge in [-0.1, -0.05) is 153 Å². The second-order valence-electron chi connectivity index (χ2n) is 39.1. The molecule has 10 aliphatic carbocycles. The minimum atomic E-state index is -1.69. The molecule has 0 saturated heterocycles. The Morgan fingerprint density at radius 3 is 1.18 bits per heavy atom. The van der Waals surface area contributed by atoms with Crippen LogP contribution in [0, 0.1) is 125 Å². The SMILES string of the molecule is C.CC(C)CCC[C@@H](C)[C@H]1CC[C@H]2[C@@H]3CC=C4C[C@@H](OCCC(C)P(=[Se])(c5ccccc5)c5ccccc5)CC[C@]4(C)[C@H]3CC[C@]12C.O.O.[2HH].[CH2-]C(CCO[C@H]1CC[C@@]2(C)C(=CC[C@H]3[C@@H]4CC[C@H]([C@H](C)CCCC(C)C)[C@@]4(C)CC[C@@H]32)C1)P(=[SeH])(c1ccccc1)c1ccccc1.[CH2-]C1CCCCC1[NH-].[CH2-]C1CCCCC1[NH-].[Pt+2].[Pt]. The van der Waals surface area contributed by atoms with Crippen molar-refractivity contribution in [3.63, 3.8) is 0 Å². The number of hydrogen-bond acceptors (Lipinski definition) is 2. The van der Waals surface area contributed by atoms with Crippen molar-refractivity contribution in [2.45, 2.75) is 325 Å². The van der Waals surface area contributed by atoms with E-state index in [1.807, 2.05) is 0 Å². The summed E-state index contributed by atoms with van der Waals surface area (Å²) >= 11 is 6.86. The fraction of sp³-hybridized carbons (Fsp3) is 0.693. The number of nitrogens with one attached hydrogen (secondary N) is 2. The molecule has 4 aromatic rings. The van der Waals surface area contributed by atoms with E-state index in [0.29, 0.717) is 57.0 Å². The molecule has 6 nitrogen and oxygen atoms in total. The van der Waals surface area contributed by atoms with Crippen LogP contribution in [0.25, 0.3) is 11.5 Å². The predicted octanol–water partition coefficient (Wildman–Crippen LogP) is 25.5. The zero-order valence-electron chi connectivity index (χ0n) is 71.6. The molecule has 1 radical (unpaired) electrons. The second kappa shape index (κ2) is 46.2. The summed E-state index contributed by atoms with van der Waals surface area (Å²) in [5, 5.41) is 5.77. The maximum Gasteiger partial charge on any atom is 2.00 e. The maximum absolute atomic E-state index is 7.42. The van der Waals surface area contributed by atoms with Crippen LogP contribution in [0.1, 0.15) is 290 Å². The van der Waals surface area contributed by atoms with Gasteiger partial charge in [0.05, 0.1) is 0 Å². The molecule has 0 bridgehead atoms. The summed E-state index contributed by atoms with van der Waals surface area (Å²) in [5.41, 5.74) is 17.8. The number of fused-ring (bicyclic) bond motifs is 10. The zero-order valence-corrected chi connectivity index (χ0v) is 81.5. The van der Waals surface area contributed by atoms with Gasteiger partial charge in [-0.25, -0.2) is 0 Å². The molecule has 0 aliphatic heterocycles. The molecule has 12 heteroatoms. The van der Waals surface area contributed by atoms with Crippen LogP contribution >= 0.6 is 11.0 Å². The Labute approximate surface area is 739 Å². The number of allylic oxidation sites excluding steroid dienone is 2. The van der Waals surface area contributed by atoms with Gasteiger partial charge in [0.25, 0.3) is 0 Å². The summed E-state index contributed by atoms with van der Waals surface area (Å²) in [7, 11) is 0. The molecular formula is C101H162N2O4P2Pt2Se2-3. The minimum absolute atomic E-state index is 0. The summed E-state index contributed by atoms with van der Waals surface area (Å²) in [6, 6.07) is 44.8. The first-order chi connectivity index (χ1) is 51.7. The Hall–Kier alpha value is -0.604. The van der Waals surface area contributed by atoms with E-state index in [1.165, 1.54) is 195 Å². The Morgan fingerprint density at radius 2 is 0.832 bits per heavy atom. The first-order valence-corrected chi connectivity index (χ1v) is 53.1. The second-order valence-corrected chi connectivity index (χ2v) is 53.1. The summed E-state index contributed by atoms with van der Waals surface area (Å²) in [6.07, 6.45) is 48.3. The maximum atomic E-state index is 7.42. The van der Waals surface area contributed by atoms with Crippen LogP contribution in [0.4, 0.5) is 0 Å². The summed E-state index contributed by atoms with van der Waals surface area (Å²) in [6.45, 7) is 42.2. The van der Waals surface area contributed by atoms with E-state index in [2.05, 4.69) is 254 Å². The molecule has 0 amide bonds. The van der Waals surface area contributed by atoms with Gasteiger partial charge in [0, 0.05) is 22.5 Å². The Bertz CT molecular complexity index is 3240. The van der Waals surface area contributed by atoms with Crippen molar-refractivity contribution >= 4 is 62.4 Å². The molecule has 14 rings (SSSR count). The minimum Gasteiger partial charge on any atom is -0.677 e. The summed E-state index contributed by atoms with van der Waals surface area (Å²) < 4.78 is 13.5. The largest absolute Gasteiger partial charge is 2.00 e. The molecule has 113 heavy (non-hydrogen) atoms. The van der Waals surface area contributed by atoms with Gasteiger partial charge in [0.2, 0.25) is 0 Å². The molecule has 645 valence electrons. The van der Waals surface area contributed by atoms with Gasteiger partial charge in [-0.2, -0.15) is 23.9 Å². The Kier molecular flexibility index (Phi) is 41.4. The quantitative estimate of drug-likeness (QED) is 0.0300. The van der Waals surface area contributed by atoms with Crippen LogP contribution in [0.3, 0.4) is 0 Å². The standard InChI is InChI=1S/2C43H63OPSe.2C7H13N.CH4.2H2O.2Pt.H2/c2*1-31(2)14-13-15-32(3)39-22-23-40-38-21-20-34-30-35(24-27-42(34,5)41(38)25-28-43(39,40)6)44-29-26-33(4)45(46,36-16-9-7-10-17-36)37-18-11-8-12-19-37;2*1-6-4-2-3-5-7(6)8;;;;;;/h7-12,16-20,31-33,35,38-41H,13-15,21-30H2,1-6H3;7-12,16-20,31-33,35,38-41,46H,4,13-15,21-30H2,1-3,5-6H3;2*6-8H,1-5H2;1H4;2*1H2;;;1H/q;-1;2*-2;;;;;+2;/t2*32-,33?,35+,38+,39-,40+,41+,42+,43-;;;;;;;;/m11......../s1/i;;;;;;;;;1+1. The van der Waals surface area contributed by atoms with Crippen molar-refractivity contribution in [3.05, 3.63) is 177 Å². The molecule has 22 atom stereocenters. The molecule has 6 unspecified atom stereocenters. The molecule has 0 heterocycles. The van der Waals surface area contributed by atoms with Gasteiger partial charge in [-0.15, -0.1) is 0 Å². The van der Waals surface area contributed by atoms with Crippen molar-refractivity contribution in [3.8, 4) is 0 Å². The van der Waals surface area contributed by atoms with Crippen LogP contribution < -0.4 is 21.2 Å². The molecule has 4 aromatic carbocycles. The average molecular weight is 2080 g/mol. The van der Waals surface area contributed by atoms with E-state index < -0.39 is 11.0 Å². The molecule has 6 N–H and O–H groups in total. The van der Waals surface area contributed by atoms with Crippen LogP contribution in [0.2, 0.25) is 0 Å². The van der Waals surface area contributed by atoms with E-state index in [1.54, 1.807) is 11.1 Å². The van der Waals surface area contributed by atoms with Crippen molar-refractivity contribution in [2.24, 2.45) is 105 Å². The molecule has 8 fully saturated rings. The van der Waals surface area contributed by atoms with Crippen LogP contribution in [0.15, 0.2) is 145 Å². The number of benzene rings is 4. The number of rotatable bonds is 24. The Morgan fingerprint density at radius 1 is 0.478 bits per heavy atom. The van der Waals surface area contributed by atoms with E-state index in [9.17, 15) is 0 Å². The van der Waals surface area contributed by atoms with Crippen molar-refractivity contribution in [1.29, 1.82) is 0 Å². The third kappa shape index (κ3) is 23.7. The van der Waals surface area contributed by atoms with E-state index in [4.69, 9.17) is 27.9 Å². The normalized spacial score (nSPS) is 33.2. The van der Waals surface area contributed by atoms with Crippen molar-refractivity contribution < 1.29 is 64.0 Å². The van der Waals surface area contributed by atoms with E-state index in [-0.39, 0.29) is 74.0 Å². The van der Waals surface area contributed by atoms with Gasteiger partial charge in [0.15, 0.2) is 0 Å². The topological polar surface area (TPSA) is 129 Å². The summed E-state index contributed by atoms with van der Waals surface area (Å²) in [5.74, 6) is 11.7. The third-order valence-electron chi connectivity index (χ3n) is 31.8. The monoisotopic (exact) mass is 2080 g/mol. The van der Waals surface area contributed by atoms with Crippen LogP contribution in [-0.4, -0.2) is 90.0 Å². The predicted molar refractivity (Wildman–Crippen MR) is 491 cm³/mol. The molecule has 0 spiro atoms. The van der Waals surface area contributed by atoms with Crippen molar-refractivity contribution in [1.82, 2.24) is 0 Å². The first kappa shape index (κ1) is 101. The fourth-order valence-corrected chi connectivity index (χ4v) is 35.5. The first-order valence-electron chi connectivity index (χ1n) is 44.7. The molecule has 0 aromatic heterocycles. The van der Waals surface area contributed by atoms with Crippen LogP contribution in [0.5, 0.6) is 0 Å². The molecule has 10 aliphatic rings. The fourth-order valence-electron chi connectivity index (χ4n) is 25.0. The average Bonchev–Trinajstić information content (AvgIpc) is 1.43. The van der Waals surface area contributed by atoms with Gasteiger partial charge in [-0.3, -0.25) is 0 Å².